The molecule has 15 nitrogen and oxygen atoms in total. The van der Waals surface area contributed by atoms with E-state index in [1.165, 1.54) is 0 Å². The molecule has 290 valence electrons. The molecule has 0 heterocycles. The lowest BCUT2D eigenvalue weighted by molar-refractivity contribution is -0.177. The number of rotatable bonds is 29. The van der Waals surface area contributed by atoms with Crippen LogP contribution < -0.4 is 0 Å². The molecule has 9 atom stereocenters. The molecule has 0 amide bonds. The summed E-state index contributed by atoms with van der Waals surface area (Å²) in [4.78, 5) is 71.7. The molecule has 0 fully saturated rings. The van der Waals surface area contributed by atoms with Gasteiger partial charge in [0.15, 0.2) is 0 Å². The first kappa shape index (κ1) is 46.7. The third-order valence-corrected chi connectivity index (χ3v) is 8.77. The van der Waals surface area contributed by atoms with E-state index in [2.05, 4.69) is 0 Å². The summed E-state index contributed by atoms with van der Waals surface area (Å²) in [6.07, 6.45) is -3.05. The summed E-state index contributed by atoms with van der Waals surface area (Å²) in [6, 6.07) is 0. The van der Waals surface area contributed by atoms with Crippen molar-refractivity contribution in [2.45, 2.75) is 155 Å². The highest BCUT2D eigenvalue weighted by molar-refractivity contribution is 5.83. The van der Waals surface area contributed by atoms with Gasteiger partial charge in [-0.15, -0.1) is 0 Å². The number of aliphatic hydroxyl groups excluding tert-OH is 3. The van der Waals surface area contributed by atoms with Gasteiger partial charge in [0.05, 0.1) is 55.8 Å². The first-order valence-corrected chi connectivity index (χ1v) is 17.6. The van der Waals surface area contributed by atoms with Gasteiger partial charge in [-0.1, -0.05) is 60.3 Å². The second-order valence-corrected chi connectivity index (χ2v) is 14.0. The Kier molecular flexibility index (Phi) is 23.1. The first-order chi connectivity index (χ1) is 23.3. The number of carbonyl (C=O) groups excluding carboxylic acids is 2. The first-order valence-electron chi connectivity index (χ1n) is 17.6. The van der Waals surface area contributed by atoms with Crippen molar-refractivity contribution in [3.8, 4) is 0 Å². The average Bonchev–Trinajstić information content (AvgIpc) is 2.99. The maximum absolute atomic E-state index is 13.1. The standard InChI is InChI=1S/C35H60O15/c1-6-7-10-22(5)33(50-32(44)18-24(35(47)48)16-30(41)42)28(49-31(43)17-23(34(45)46)15-29(39)40)14-21(4)13-25(36)11-8-9-12-26(37)19-27(38)20(2)3/h20-28,33,36-38H,6-19H2,1-5H3,(H,39,40)(H,41,42)(H,45,46)(H,47,48)/t21-,22-,23+,24-,25+,26+,27+,28+,33-/m1/s1. The van der Waals surface area contributed by atoms with Gasteiger partial charge in [-0.3, -0.25) is 28.8 Å². The molecule has 7 N–H and O–H groups in total. The van der Waals surface area contributed by atoms with Crippen LogP contribution >= 0.6 is 0 Å². The second kappa shape index (κ2) is 24.8. The molecule has 50 heavy (non-hydrogen) atoms. The highest BCUT2D eigenvalue weighted by Crippen LogP contribution is 2.29. The van der Waals surface area contributed by atoms with E-state index in [4.69, 9.17) is 19.7 Å². The van der Waals surface area contributed by atoms with Crippen LogP contribution in [0.5, 0.6) is 0 Å². The number of carboxylic acid groups (broad SMARTS) is 4. The van der Waals surface area contributed by atoms with Gasteiger partial charge in [-0.05, 0) is 56.3 Å². The van der Waals surface area contributed by atoms with Gasteiger partial charge in [0, 0.05) is 0 Å². The highest BCUT2D eigenvalue weighted by atomic mass is 16.6. The number of aliphatic hydroxyl groups is 3. The van der Waals surface area contributed by atoms with Crippen LogP contribution in [0, 0.1) is 29.6 Å². The summed E-state index contributed by atoms with van der Waals surface area (Å²) in [5.41, 5.74) is 0. The summed E-state index contributed by atoms with van der Waals surface area (Å²) in [6.45, 7) is 9.17. The van der Waals surface area contributed by atoms with Gasteiger partial charge in [-0.2, -0.15) is 0 Å². The zero-order chi connectivity index (χ0) is 38.6. The Bertz CT molecular complexity index is 1060. The molecule has 0 rings (SSSR count). The summed E-state index contributed by atoms with van der Waals surface area (Å²) in [5.74, 6) is -11.9. The van der Waals surface area contributed by atoms with Crippen LogP contribution in [0.1, 0.15) is 125 Å². The molecule has 0 radical (unpaired) electrons. The maximum Gasteiger partial charge on any atom is 0.307 e. The Morgan fingerprint density at radius 3 is 1.46 bits per heavy atom. The van der Waals surface area contributed by atoms with E-state index >= 15 is 0 Å². The number of carboxylic acids is 4. The lowest BCUT2D eigenvalue weighted by atomic mass is 9.87. The zero-order valence-corrected chi connectivity index (χ0v) is 30.1. The van der Waals surface area contributed by atoms with E-state index in [1.54, 1.807) is 13.8 Å². The third kappa shape index (κ3) is 21.0. The number of ether oxygens (including phenoxy) is 2. The number of unbranched alkanes of at least 4 members (excludes halogenated alkanes) is 2. The van der Waals surface area contributed by atoms with Crippen molar-refractivity contribution < 1.29 is 74.0 Å². The smallest absolute Gasteiger partial charge is 0.307 e. The normalized spacial score (nSPS) is 17.0. The van der Waals surface area contributed by atoms with E-state index in [0.717, 1.165) is 6.42 Å². The third-order valence-electron chi connectivity index (χ3n) is 8.77. The van der Waals surface area contributed by atoms with Crippen molar-refractivity contribution in [1.29, 1.82) is 0 Å². The van der Waals surface area contributed by atoms with Crippen LogP contribution in [0.15, 0.2) is 0 Å². The molecule has 0 bridgehead atoms. The highest BCUT2D eigenvalue weighted by Gasteiger charge is 2.37. The van der Waals surface area contributed by atoms with E-state index in [0.29, 0.717) is 38.5 Å². The topological polar surface area (TPSA) is 262 Å². The lowest BCUT2D eigenvalue weighted by Gasteiger charge is -2.33. The number of hydrogen-bond acceptors (Lipinski definition) is 11. The molecule has 0 unspecified atom stereocenters. The molecule has 0 aromatic heterocycles. The van der Waals surface area contributed by atoms with Crippen LogP contribution in [0.3, 0.4) is 0 Å². The summed E-state index contributed by atoms with van der Waals surface area (Å²) in [7, 11) is 0. The van der Waals surface area contributed by atoms with Crippen LogP contribution in [0.25, 0.3) is 0 Å². The molecule has 0 aromatic rings. The van der Waals surface area contributed by atoms with Crippen LogP contribution in [-0.2, 0) is 38.2 Å². The molecule has 0 aliphatic rings. The maximum atomic E-state index is 13.1. The van der Waals surface area contributed by atoms with E-state index in [9.17, 15) is 54.3 Å². The van der Waals surface area contributed by atoms with Crippen LogP contribution in [-0.4, -0.2) is 102 Å². The van der Waals surface area contributed by atoms with Gasteiger partial charge in [0.1, 0.15) is 12.2 Å². The van der Waals surface area contributed by atoms with Gasteiger partial charge in [0.2, 0.25) is 0 Å². The zero-order valence-electron chi connectivity index (χ0n) is 30.1. The fourth-order valence-corrected chi connectivity index (χ4v) is 5.74. The molecule has 0 saturated heterocycles. The molecule has 0 saturated carbocycles. The monoisotopic (exact) mass is 720 g/mol. The van der Waals surface area contributed by atoms with Crippen molar-refractivity contribution in [2.24, 2.45) is 29.6 Å². The Balaban J connectivity index is 5.98. The summed E-state index contributed by atoms with van der Waals surface area (Å²) >= 11 is 0. The van der Waals surface area contributed by atoms with E-state index in [-0.39, 0.29) is 31.1 Å². The molecule has 0 aliphatic heterocycles. The summed E-state index contributed by atoms with van der Waals surface area (Å²) in [5, 5.41) is 68.0. The molecule has 0 aliphatic carbocycles. The van der Waals surface area contributed by atoms with Gasteiger partial charge < -0.3 is 45.2 Å². The van der Waals surface area contributed by atoms with Crippen molar-refractivity contribution in [2.75, 3.05) is 0 Å². The Hall–Kier alpha value is -3.30. The number of esters is 2. The van der Waals surface area contributed by atoms with Crippen molar-refractivity contribution in [1.82, 2.24) is 0 Å². The molecule has 0 spiro atoms. The Morgan fingerprint density at radius 2 is 1.04 bits per heavy atom. The fourth-order valence-electron chi connectivity index (χ4n) is 5.74. The van der Waals surface area contributed by atoms with Crippen molar-refractivity contribution in [3.63, 3.8) is 0 Å². The predicted octanol–water partition coefficient (Wildman–Crippen LogP) is 3.87. The SMILES string of the molecule is CCCC[C@@H](C)[C@@H](OC(=O)C[C@@H](CC(=O)O)C(=O)O)[C@H](C[C@H](C)C[C@@H](O)CCCC[C@H](O)C[C@H](O)C(C)C)OC(=O)C[C@H](CC(=O)O)C(=O)O. The number of carbonyl (C=O) groups is 6. The molecular weight excluding hydrogens is 660 g/mol. The summed E-state index contributed by atoms with van der Waals surface area (Å²) < 4.78 is 11.4. The van der Waals surface area contributed by atoms with Crippen LogP contribution in [0.2, 0.25) is 0 Å². The number of hydrogen-bond donors (Lipinski definition) is 7. The minimum absolute atomic E-state index is 0.0238. The van der Waals surface area contributed by atoms with Gasteiger partial charge >= 0.3 is 35.8 Å². The minimum atomic E-state index is -1.59. The predicted molar refractivity (Wildman–Crippen MR) is 179 cm³/mol. The molecule has 0 aromatic carbocycles. The molecule has 15 heteroatoms. The minimum Gasteiger partial charge on any atom is -0.481 e. The molecular formula is C35H60O15. The largest absolute Gasteiger partial charge is 0.481 e. The lowest BCUT2D eigenvalue weighted by Crippen LogP contribution is -2.42. The Labute approximate surface area is 294 Å². The van der Waals surface area contributed by atoms with Crippen LogP contribution in [0.4, 0.5) is 0 Å². The van der Waals surface area contributed by atoms with Gasteiger partial charge in [-0.25, -0.2) is 0 Å². The fraction of sp³-hybridized carbons (Fsp3) is 0.829. The quantitative estimate of drug-likeness (QED) is 0.0427. The Morgan fingerprint density at radius 1 is 0.580 bits per heavy atom. The van der Waals surface area contributed by atoms with Crippen molar-refractivity contribution >= 4 is 35.8 Å². The van der Waals surface area contributed by atoms with Crippen molar-refractivity contribution in [3.05, 3.63) is 0 Å². The number of aliphatic carboxylic acids is 4. The second-order valence-electron chi connectivity index (χ2n) is 14.0. The van der Waals surface area contributed by atoms with E-state index < -0.39 is 110 Å². The van der Waals surface area contributed by atoms with Gasteiger partial charge in [0.25, 0.3) is 0 Å². The average molecular weight is 721 g/mol. The van der Waals surface area contributed by atoms with E-state index in [1.807, 2.05) is 20.8 Å².